The Morgan fingerprint density at radius 1 is 1.29 bits per heavy atom. The molecule has 0 aliphatic carbocycles. The highest BCUT2D eigenvalue weighted by molar-refractivity contribution is 5.33. The molecule has 21 heavy (non-hydrogen) atoms. The van der Waals surface area contributed by atoms with Crippen LogP contribution in [-0.2, 0) is 4.74 Å². The van der Waals surface area contributed by atoms with Gasteiger partial charge in [-0.1, -0.05) is 43.7 Å². The first kappa shape index (κ1) is 18.1. The molecule has 0 aromatic rings. The van der Waals surface area contributed by atoms with E-state index >= 15 is 0 Å². The Morgan fingerprint density at radius 2 is 2.05 bits per heavy atom. The predicted octanol–water partition coefficient (Wildman–Crippen LogP) is 5.69. The number of allylic oxidation sites excluding steroid dienone is 5. The van der Waals surface area contributed by atoms with Gasteiger partial charge in [0.05, 0.1) is 0 Å². The van der Waals surface area contributed by atoms with Gasteiger partial charge in [-0.2, -0.15) is 0 Å². The van der Waals surface area contributed by atoms with Crippen molar-refractivity contribution in [1.29, 1.82) is 0 Å². The molecule has 1 atom stereocenters. The molecule has 0 spiro atoms. The quantitative estimate of drug-likeness (QED) is 0.573. The van der Waals surface area contributed by atoms with Crippen LogP contribution in [0.3, 0.4) is 0 Å². The van der Waals surface area contributed by atoms with Crippen molar-refractivity contribution in [3.05, 3.63) is 36.0 Å². The topological polar surface area (TPSA) is 9.23 Å². The maximum Gasteiger partial charge on any atom is 0.272 e. The Bertz CT molecular complexity index is 375. The summed E-state index contributed by atoms with van der Waals surface area (Å²) in [6, 6.07) is 0. The van der Waals surface area contributed by atoms with Crippen molar-refractivity contribution in [2.75, 3.05) is 13.2 Å². The fraction of sp³-hybridized carbons (Fsp3) is 0.667. The first-order chi connectivity index (χ1) is 10.0. The molecule has 3 heteroatoms. The Kier molecular flexibility index (Phi) is 7.87. The van der Waals surface area contributed by atoms with Crippen LogP contribution in [0, 0.1) is 5.92 Å². The molecule has 0 N–H and O–H groups in total. The van der Waals surface area contributed by atoms with E-state index in [-0.39, 0.29) is 12.0 Å². The van der Waals surface area contributed by atoms with Crippen LogP contribution in [-0.4, -0.2) is 19.1 Å². The van der Waals surface area contributed by atoms with Crippen LogP contribution in [0.2, 0.25) is 0 Å². The molecule has 1 fully saturated rings. The summed E-state index contributed by atoms with van der Waals surface area (Å²) in [6.45, 7) is 8.59. The molecular weight excluding hydrogens is 270 g/mol. The number of halogens is 2. The van der Waals surface area contributed by atoms with E-state index in [0.717, 1.165) is 50.9 Å². The van der Waals surface area contributed by atoms with Crippen LogP contribution in [0.25, 0.3) is 0 Å². The normalized spacial score (nSPS) is 22.6. The molecule has 0 amide bonds. The number of rotatable bonds is 6. The molecule has 1 aliphatic rings. The monoisotopic (exact) mass is 298 g/mol. The molecule has 1 saturated heterocycles. The lowest BCUT2D eigenvalue weighted by atomic mass is 9.89. The van der Waals surface area contributed by atoms with Crippen molar-refractivity contribution in [2.45, 2.75) is 58.3 Å². The minimum atomic E-state index is -2.79. The summed E-state index contributed by atoms with van der Waals surface area (Å²) in [5.41, 5.74) is 1.00. The molecule has 1 unspecified atom stereocenters. The van der Waals surface area contributed by atoms with Gasteiger partial charge in [-0.05, 0) is 38.5 Å². The lowest BCUT2D eigenvalue weighted by molar-refractivity contribution is 0.0414. The van der Waals surface area contributed by atoms with E-state index in [4.69, 9.17) is 4.74 Å². The summed E-state index contributed by atoms with van der Waals surface area (Å²) in [5, 5.41) is 0. The first-order valence-corrected chi connectivity index (χ1v) is 7.98. The molecule has 0 aromatic carbocycles. The standard InChI is InChI=1S/C18H28F2O/c1-4-15(14-17(5-2)18(19,20)6-3)13-16-9-7-8-11-21-12-10-16/h4-5,14,16H,2,6-13H2,1,3H3/b15-4-,17-14+. The molecule has 1 nitrogen and oxygen atoms in total. The summed E-state index contributed by atoms with van der Waals surface area (Å²) in [7, 11) is 0. The zero-order valence-corrected chi connectivity index (χ0v) is 13.3. The smallest absolute Gasteiger partial charge is 0.272 e. The van der Waals surface area contributed by atoms with Crippen molar-refractivity contribution in [2.24, 2.45) is 5.92 Å². The van der Waals surface area contributed by atoms with Gasteiger partial charge in [0.15, 0.2) is 0 Å². The third-order valence-corrected chi connectivity index (χ3v) is 4.14. The fourth-order valence-corrected chi connectivity index (χ4v) is 2.65. The summed E-state index contributed by atoms with van der Waals surface area (Å²) < 4.78 is 33.2. The maximum atomic E-state index is 13.8. The summed E-state index contributed by atoms with van der Waals surface area (Å²) in [6.07, 6.45) is 9.92. The van der Waals surface area contributed by atoms with E-state index in [2.05, 4.69) is 6.58 Å². The van der Waals surface area contributed by atoms with Crippen LogP contribution in [0.5, 0.6) is 0 Å². The third-order valence-electron chi connectivity index (χ3n) is 4.14. The highest BCUT2D eigenvalue weighted by Gasteiger charge is 2.29. The SMILES string of the molecule is C=C/C(=C\C(=C/C)CC1CCCCOCC1)C(F)(F)CC. The Labute approximate surface area is 127 Å². The highest BCUT2D eigenvalue weighted by atomic mass is 19.3. The van der Waals surface area contributed by atoms with Crippen molar-refractivity contribution >= 4 is 0 Å². The number of hydrogen-bond donors (Lipinski definition) is 0. The van der Waals surface area contributed by atoms with E-state index in [0.29, 0.717) is 5.92 Å². The number of ether oxygens (including phenoxy) is 1. The fourth-order valence-electron chi connectivity index (χ4n) is 2.65. The Hall–Kier alpha value is -0.960. The zero-order chi connectivity index (χ0) is 15.7. The summed E-state index contributed by atoms with van der Waals surface area (Å²) >= 11 is 0. The second kappa shape index (κ2) is 9.14. The lowest BCUT2D eigenvalue weighted by Crippen LogP contribution is -2.17. The van der Waals surface area contributed by atoms with Crippen LogP contribution < -0.4 is 0 Å². The molecule has 1 rings (SSSR count). The van der Waals surface area contributed by atoms with E-state index in [9.17, 15) is 8.78 Å². The van der Waals surface area contributed by atoms with Gasteiger partial charge >= 0.3 is 0 Å². The predicted molar refractivity (Wildman–Crippen MR) is 84.7 cm³/mol. The van der Waals surface area contributed by atoms with E-state index in [1.54, 1.807) is 6.08 Å². The summed E-state index contributed by atoms with van der Waals surface area (Å²) in [5.74, 6) is -2.27. The second-order valence-corrected chi connectivity index (χ2v) is 5.69. The molecule has 1 aliphatic heterocycles. The van der Waals surface area contributed by atoms with E-state index < -0.39 is 5.92 Å². The van der Waals surface area contributed by atoms with Gasteiger partial charge in [-0.25, -0.2) is 8.78 Å². The molecule has 1 heterocycles. The zero-order valence-electron chi connectivity index (χ0n) is 13.3. The average Bonchev–Trinajstić information content (AvgIpc) is 2.45. The minimum absolute atomic E-state index is 0.0280. The first-order valence-electron chi connectivity index (χ1n) is 7.98. The summed E-state index contributed by atoms with van der Waals surface area (Å²) in [4.78, 5) is 0. The van der Waals surface area contributed by atoms with Gasteiger partial charge in [0.2, 0.25) is 0 Å². The minimum Gasteiger partial charge on any atom is -0.381 e. The Balaban J connectivity index is 2.75. The van der Waals surface area contributed by atoms with Crippen LogP contribution in [0.15, 0.2) is 36.0 Å². The molecule has 0 aromatic heterocycles. The van der Waals surface area contributed by atoms with Gasteiger partial charge in [0.25, 0.3) is 5.92 Å². The molecule has 0 saturated carbocycles. The van der Waals surface area contributed by atoms with Crippen LogP contribution in [0.4, 0.5) is 8.78 Å². The van der Waals surface area contributed by atoms with Gasteiger partial charge in [-0.15, -0.1) is 0 Å². The van der Waals surface area contributed by atoms with Gasteiger partial charge in [0.1, 0.15) is 0 Å². The maximum absolute atomic E-state index is 13.8. The van der Waals surface area contributed by atoms with Gasteiger partial charge < -0.3 is 4.74 Å². The van der Waals surface area contributed by atoms with Crippen molar-refractivity contribution in [3.8, 4) is 0 Å². The third kappa shape index (κ3) is 6.13. The van der Waals surface area contributed by atoms with Crippen molar-refractivity contribution < 1.29 is 13.5 Å². The molecule has 120 valence electrons. The number of alkyl halides is 2. The van der Waals surface area contributed by atoms with E-state index in [1.807, 2.05) is 13.0 Å². The molecule has 0 radical (unpaired) electrons. The lowest BCUT2D eigenvalue weighted by Gasteiger charge is -2.21. The van der Waals surface area contributed by atoms with E-state index in [1.165, 1.54) is 13.0 Å². The van der Waals surface area contributed by atoms with Gasteiger partial charge in [-0.3, -0.25) is 0 Å². The largest absolute Gasteiger partial charge is 0.381 e. The van der Waals surface area contributed by atoms with Crippen LogP contribution >= 0.6 is 0 Å². The van der Waals surface area contributed by atoms with Crippen LogP contribution in [0.1, 0.15) is 52.4 Å². The number of hydrogen-bond acceptors (Lipinski definition) is 1. The van der Waals surface area contributed by atoms with Crippen molar-refractivity contribution in [1.82, 2.24) is 0 Å². The molecular formula is C18H28F2O. The average molecular weight is 298 g/mol. The van der Waals surface area contributed by atoms with Gasteiger partial charge in [0, 0.05) is 25.2 Å². The van der Waals surface area contributed by atoms with Crippen molar-refractivity contribution in [3.63, 3.8) is 0 Å². The highest BCUT2D eigenvalue weighted by Crippen LogP contribution is 2.31. The Morgan fingerprint density at radius 3 is 2.67 bits per heavy atom. The second-order valence-electron chi connectivity index (χ2n) is 5.69. The molecule has 0 bridgehead atoms.